The van der Waals surface area contributed by atoms with Crippen LogP contribution in [-0.4, -0.2) is 27.8 Å². The van der Waals surface area contributed by atoms with Gasteiger partial charge in [0.1, 0.15) is 0 Å². The minimum absolute atomic E-state index is 0.405. The highest BCUT2D eigenvalue weighted by Gasteiger charge is 1.95. The highest BCUT2D eigenvalue weighted by molar-refractivity contribution is 7.88. The minimum atomic E-state index is -3.11. The van der Waals surface area contributed by atoms with Crippen LogP contribution in [0.4, 0.5) is 0 Å². The molecule has 0 rings (SSSR count). The predicted molar refractivity (Wildman–Crippen MR) is 35.0 cm³/mol. The van der Waals surface area contributed by atoms with E-state index in [-0.39, 0.29) is 0 Å². The molecule has 0 atom stereocenters. The maximum atomic E-state index is 10.3. The Bertz CT molecular complexity index is 152. The van der Waals surface area contributed by atoms with Crippen LogP contribution in [0.3, 0.4) is 0 Å². The predicted octanol–water partition coefficient (Wildman–Crippen LogP) is -2.00. The van der Waals surface area contributed by atoms with Gasteiger partial charge in [-0.15, -0.1) is 0 Å². The van der Waals surface area contributed by atoms with Crippen molar-refractivity contribution in [1.82, 2.24) is 10.3 Å². The summed E-state index contributed by atoms with van der Waals surface area (Å²) in [5.41, 5.74) is 7.47. The van der Waals surface area contributed by atoms with Crippen LogP contribution in [0.15, 0.2) is 0 Å². The van der Waals surface area contributed by atoms with Gasteiger partial charge in [-0.05, 0) is 0 Å². The summed E-state index contributed by atoms with van der Waals surface area (Å²) in [7, 11) is -3.11. The lowest BCUT2D eigenvalue weighted by molar-refractivity contribution is 0.563. The molecule has 0 fully saturated rings. The number of nitrogens with two attached hydrogens (primary N) is 1. The Labute approximate surface area is 54.6 Å². The summed E-state index contributed by atoms with van der Waals surface area (Å²) in [6.45, 7) is 0.843. The lowest BCUT2D eigenvalue weighted by Crippen LogP contribution is -2.39. The number of hydrogen-bond donors (Lipinski definition) is 3. The fourth-order valence-electron chi connectivity index (χ4n) is 0.254. The summed E-state index contributed by atoms with van der Waals surface area (Å²) in [6, 6.07) is 0. The van der Waals surface area contributed by atoms with Crippen LogP contribution in [0, 0.1) is 0 Å². The maximum absolute atomic E-state index is 10.3. The molecule has 0 radical (unpaired) electrons. The van der Waals surface area contributed by atoms with E-state index in [1.54, 1.807) is 0 Å². The Kier molecular flexibility index (Phi) is 3.71. The van der Waals surface area contributed by atoms with Crippen molar-refractivity contribution in [3.63, 3.8) is 0 Å². The maximum Gasteiger partial charge on any atom is 0.221 e. The van der Waals surface area contributed by atoms with Crippen molar-refractivity contribution in [3.8, 4) is 0 Å². The molecule has 0 heterocycles. The Morgan fingerprint density at radius 3 is 2.44 bits per heavy atom. The molecule has 0 saturated carbocycles. The summed E-state index contributed by atoms with van der Waals surface area (Å²) >= 11 is 0. The quantitative estimate of drug-likeness (QED) is 0.322. The SMILES string of the molecule is CS(=O)(=O)NNCCN. The van der Waals surface area contributed by atoms with Crippen LogP contribution in [0.5, 0.6) is 0 Å². The Hall–Kier alpha value is -0.170. The van der Waals surface area contributed by atoms with Crippen LogP contribution in [-0.2, 0) is 10.0 Å². The van der Waals surface area contributed by atoms with Gasteiger partial charge >= 0.3 is 0 Å². The summed E-state index contributed by atoms with van der Waals surface area (Å²) in [5.74, 6) is 0. The molecule has 0 aliphatic carbocycles. The molecule has 0 aliphatic heterocycles. The third-order valence-corrected chi connectivity index (χ3v) is 1.04. The van der Waals surface area contributed by atoms with Crippen LogP contribution in [0.25, 0.3) is 0 Å². The molecular formula is C3H11N3O2S. The lowest BCUT2D eigenvalue weighted by Gasteiger charge is -2.00. The van der Waals surface area contributed by atoms with Crippen molar-refractivity contribution in [2.24, 2.45) is 5.73 Å². The van der Waals surface area contributed by atoms with Gasteiger partial charge in [-0.1, -0.05) is 0 Å². The summed E-state index contributed by atoms with van der Waals surface area (Å²) < 4.78 is 20.6. The molecule has 0 aliphatic rings. The highest BCUT2D eigenvalue weighted by atomic mass is 32.2. The zero-order valence-corrected chi connectivity index (χ0v) is 6.03. The molecule has 0 spiro atoms. The van der Waals surface area contributed by atoms with Crippen molar-refractivity contribution in [2.75, 3.05) is 19.3 Å². The summed E-state index contributed by atoms with van der Waals surface area (Å²) in [5, 5.41) is 0. The highest BCUT2D eigenvalue weighted by Crippen LogP contribution is 1.64. The average molecular weight is 153 g/mol. The van der Waals surface area contributed by atoms with E-state index in [4.69, 9.17) is 5.73 Å². The molecule has 0 aromatic carbocycles. The van der Waals surface area contributed by atoms with E-state index in [0.29, 0.717) is 13.1 Å². The first-order valence-electron chi connectivity index (χ1n) is 2.46. The number of sulfonamides is 1. The van der Waals surface area contributed by atoms with E-state index < -0.39 is 10.0 Å². The Morgan fingerprint density at radius 2 is 2.11 bits per heavy atom. The largest absolute Gasteiger partial charge is 0.329 e. The van der Waals surface area contributed by atoms with Crippen molar-refractivity contribution in [3.05, 3.63) is 0 Å². The Morgan fingerprint density at radius 1 is 1.56 bits per heavy atom. The van der Waals surface area contributed by atoms with E-state index in [0.717, 1.165) is 6.26 Å². The fraction of sp³-hybridized carbons (Fsp3) is 1.00. The molecule has 0 amide bonds. The fourth-order valence-corrected chi connectivity index (χ4v) is 0.619. The molecule has 0 unspecified atom stereocenters. The third kappa shape index (κ3) is 7.83. The molecule has 56 valence electrons. The first-order chi connectivity index (χ1) is 4.06. The van der Waals surface area contributed by atoms with E-state index in [1.807, 2.05) is 0 Å². The van der Waals surface area contributed by atoms with Crippen LogP contribution in [0.1, 0.15) is 0 Å². The van der Waals surface area contributed by atoms with Crippen LogP contribution < -0.4 is 16.0 Å². The molecule has 9 heavy (non-hydrogen) atoms. The number of rotatable bonds is 4. The molecule has 0 aromatic rings. The number of hydrogen-bond acceptors (Lipinski definition) is 4. The third-order valence-electron chi connectivity index (χ3n) is 0.527. The molecule has 6 heteroatoms. The molecule has 0 saturated heterocycles. The molecule has 5 nitrogen and oxygen atoms in total. The van der Waals surface area contributed by atoms with Gasteiger partial charge < -0.3 is 5.73 Å². The van der Waals surface area contributed by atoms with Gasteiger partial charge in [0.05, 0.1) is 6.26 Å². The molecular weight excluding hydrogens is 142 g/mol. The monoisotopic (exact) mass is 153 g/mol. The van der Waals surface area contributed by atoms with Gasteiger partial charge in [-0.25, -0.2) is 13.8 Å². The second kappa shape index (κ2) is 3.78. The van der Waals surface area contributed by atoms with Gasteiger partial charge in [0.2, 0.25) is 10.0 Å². The van der Waals surface area contributed by atoms with Crippen LogP contribution in [0.2, 0.25) is 0 Å². The zero-order valence-electron chi connectivity index (χ0n) is 5.22. The molecule has 0 aromatic heterocycles. The van der Waals surface area contributed by atoms with Gasteiger partial charge in [0, 0.05) is 13.1 Å². The molecule has 4 N–H and O–H groups in total. The molecule has 0 bridgehead atoms. The smallest absolute Gasteiger partial charge is 0.221 e. The normalized spacial score (nSPS) is 11.8. The number of hydrazine groups is 1. The van der Waals surface area contributed by atoms with Crippen LogP contribution >= 0.6 is 0 Å². The standard InChI is InChI=1S/C3H11N3O2S/c1-9(7,8)6-5-3-2-4/h5-6H,2-4H2,1H3. The number of nitrogens with one attached hydrogen (secondary N) is 2. The van der Waals surface area contributed by atoms with E-state index in [1.165, 1.54) is 0 Å². The van der Waals surface area contributed by atoms with Gasteiger partial charge in [0.15, 0.2) is 0 Å². The second-order valence-corrected chi connectivity index (χ2v) is 3.34. The lowest BCUT2D eigenvalue weighted by atomic mass is 10.7. The summed E-state index contributed by atoms with van der Waals surface area (Å²) in [6.07, 6.45) is 1.07. The first-order valence-corrected chi connectivity index (χ1v) is 4.35. The van der Waals surface area contributed by atoms with Gasteiger partial charge in [0.25, 0.3) is 0 Å². The van der Waals surface area contributed by atoms with E-state index in [2.05, 4.69) is 10.3 Å². The van der Waals surface area contributed by atoms with Crippen molar-refractivity contribution in [2.45, 2.75) is 0 Å². The first kappa shape index (κ1) is 8.83. The van der Waals surface area contributed by atoms with E-state index in [9.17, 15) is 8.42 Å². The zero-order chi connectivity index (χ0) is 7.33. The van der Waals surface area contributed by atoms with Gasteiger partial charge in [-0.3, -0.25) is 0 Å². The van der Waals surface area contributed by atoms with Gasteiger partial charge in [-0.2, -0.15) is 4.83 Å². The van der Waals surface area contributed by atoms with Crippen molar-refractivity contribution >= 4 is 10.0 Å². The second-order valence-electron chi connectivity index (χ2n) is 1.59. The topological polar surface area (TPSA) is 84.2 Å². The van der Waals surface area contributed by atoms with E-state index >= 15 is 0 Å². The van der Waals surface area contributed by atoms with Crippen molar-refractivity contribution in [1.29, 1.82) is 0 Å². The van der Waals surface area contributed by atoms with Crippen molar-refractivity contribution < 1.29 is 8.42 Å². The average Bonchev–Trinajstić information content (AvgIpc) is 1.63. The minimum Gasteiger partial charge on any atom is -0.329 e. The summed E-state index contributed by atoms with van der Waals surface area (Å²) in [4.78, 5) is 2.06. The Balaban J connectivity index is 3.30.